The highest BCUT2D eigenvalue weighted by molar-refractivity contribution is 5.96. The number of halogens is 3. The summed E-state index contributed by atoms with van der Waals surface area (Å²) < 4.78 is 39.2. The van der Waals surface area contributed by atoms with Crippen molar-refractivity contribution in [2.75, 3.05) is 20.1 Å². The molecule has 1 atom stereocenters. The molecule has 29 heavy (non-hydrogen) atoms. The summed E-state index contributed by atoms with van der Waals surface area (Å²) in [4.78, 5) is 22.5. The molecule has 1 aliphatic carbocycles. The van der Waals surface area contributed by atoms with Gasteiger partial charge in [0.15, 0.2) is 0 Å². The van der Waals surface area contributed by atoms with E-state index in [9.17, 15) is 18.0 Å². The lowest BCUT2D eigenvalue weighted by Gasteiger charge is -2.42. The number of nitrogens with zero attached hydrogens (tertiary/aromatic N) is 3. The molecule has 154 valence electrons. The number of nitrogens with one attached hydrogen (secondary N) is 1. The molecule has 1 aromatic carbocycles. The maximum absolute atomic E-state index is 13.2. The highest BCUT2D eigenvalue weighted by Crippen LogP contribution is 2.42. The maximum Gasteiger partial charge on any atom is 0.451 e. The third-order valence-corrected chi connectivity index (χ3v) is 5.64. The zero-order chi connectivity index (χ0) is 20.6. The van der Waals surface area contributed by atoms with Crippen molar-refractivity contribution in [1.29, 1.82) is 0 Å². The van der Waals surface area contributed by atoms with Crippen LogP contribution >= 0.6 is 0 Å². The lowest BCUT2D eigenvalue weighted by atomic mass is 9.82. The fourth-order valence-corrected chi connectivity index (χ4v) is 4.10. The smallest absolute Gasteiger partial charge is 0.341 e. The zero-order valence-electron chi connectivity index (χ0n) is 16.2. The number of hydrogen-bond acceptors (Lipinski definition) is 4. The van der Waals surface area contributed by atoms with E-state index in [0.717, 1.165) is 44.0 Å². The second-order valence-corrected chi connectivity index (χ2v) is 8.01. The molecule has 1 amide bonds. The number of carbonyl (C=O) groups excluding carboxylic acids is 1. The van der Waals surface area contributed by atoms with E-state index in [-0.39, 0.29) is 17.2 Å². The fourth-order valence-electron chi connectivity index (χ4n) is 4.10. The number of aromatic nitrogens is 2. The molecule has 2 aromatic rings. The number of hydrogen-bond donors (Lipinski definition) is 1. The largest absolute Gasteiger partial charge is 0.451 e. The first-order valence-electron chi connectivity index (χ1n) is 9.79. The summed E-state index contributed by atoms with van der Waals surface area (Å²) >= 11 is 0. The maximum atomic E-state index is 13.2. The molecule has 4 rings (SSSR count). The minimum atomic E-state index is -4.63. The highest BCUT2D eigenvalue weighted by Gasteiger charge is 2.41. The molecule has 1 aliphatic heterocycles. The van der Waals surface area contributed by atoms with Gasteiger partial charge in [-0.3, -0.25) is 4.79 Å². The minimum Gasteiger partial charge on any atom is -0.341 e. The van der Waals surface area contributed by atoms with Gasteiger partial charge in [0.25, 0.3) is 5.91 Å². The van der Waals surface area contributed by atoms with Crippen LogP contribution in [-0.2, 0) is 11.7 Å². The lowest BCUT2D eigenvalue weighted by Crippen LogP contribution is -2.55. The van der Waals surface area contributed by atoms with Gasteiger partial charge in [0.1, 0.15) is 0 Å². The molecule has 1 N–H and O–H groups in total. The number of rotatable bonds is 4. The van der Waals surface area contributed by atoms with Crippen molar-refractivity contribution in [2.24, 2.45) is 0 Å². The number of carbonyl (C=O) groups is 1. The summed E-state index contributed by atoms with van der Waals surface area (Å²) in [7, 11) is 2.00. The molecular formula is C21H23F3N4O. The van der Waals surface area contributed by atoms with Gasteiger partial charge in [-0.25, -0.2) is 9.97 Å². The Morgan fingerprint density at radius 3 is 2.59 bits per heavy atom. The number of benzene rings is 1. The summed E-state index contributed by atoms with van der Waals surface area (Å²) in [6.07, 6.45) is -0.458. The van der Waals surface area contributed by atoms with Crippen LogP contribution in [0.1, 0.15) is 59.0 Å². The topological polar surface area (TPSA) is 58.1 Å². The molecule has 2 aliphatic rings. The van der Waals surface area contributed by atoms with Crippen molar-refractivity contribution in [2.45, 2.75) is 43.3 Å². The molecule has 2 heterocycles. The number of likely N-dealkylation sites (N-methyl/N-ethyl adjacent to an activating group) is 1. The van der Waals surface area contributed by atoms with Crippen molar-refractivity contribution in [3.63, 3.8) is 0 Å². The van der Waals surface area contributed by atoms with Gasteiger partial charge >= 0.3 is 6.18 Å². The average Bonchev–Trinajstić information content (AvgIpc) is 3.53. The van der Waals surface area contributed by atoms with Gasteiger partial charge in [-0.15, -0.1) is 0 Å². The van der Waals surface area contributed by atoms with Crippen molar-refractivity contribution < 1.29 is 18.0 Å². The fraction of sp³-hybridized carbons (Fsp3) is 0.476. The third-order valence-electron chi connectivity index (χ3n) is 5.64. The predicted octanol–water partition coefficient (Wildman–Crippen LogP) is 3.72. The van der Waals surface area contributed by atoms with E-state index in [0.29, 0.717) is 6.54 Å². The van der Waals surface area contributed by atoms with Crippen LogP contribution < -0.4 is 5.32 Å². The standard InChI is InChI=1S/C21H23F3N4O/c1-28-11-5-10-20(13-28,15-6-3-2-4-7-15)27-18(29)16-12-25-19(21(22,23)24)26-17(16)14-8-9-14/h2-4,6-7,12,14H,5,8-11,13H2,1H3,(H,27,29). The van der Waals surface area contributed by atoms with E-state index >= 15 is 0 Å². The molecule has 0 bridgehead atoms. The van der Waals surface area contributed by atoms with Crippen LogP contribution in [0, 0.1) is 0 Å². The molecule has 1 unspecified atom stereocenters. The Labute approximate surface area is 167 Å². The number of amides is 1. The first kappa shape index (κ1) is 19.8. The summed E-state index contributed by atoms with van der Waals surface area (Å²) in [5.74, 6) is -1.72. The first-order valence-corrected chi connectivity index (χ1v) is 9.79. The Bertz CT molecular complexity index is 899. The van der Waals surface area contributed by atoms with Gasteiger partial charge in [-0.2, -0.15) is 13.2 Å². The van der Waals surface area contributed by atoms with Crippen molar-refractivity contribution in [3.8, 4) is 0 Å². The van der Waals surface area contributed by atoms with Crippen molar-refractivity contribution in [3.05, 3.63) is 59.2 Å². The van der Waals surface area contributed by atoms with Gasteiger partial charge in [-0.05, 0) is 44.8 Å². The summed E-state index contributed by atoms with van der Waals surface area (Å²) in [5.41, 5.74) is 0.733. The Hall–Kier alpha value is -2.48. The van der Waals surface area contributed by atoms with E-state index in [1.165, 1.54) is 0 Å². The van der Waals surface area contributed by atoms with Crippen molar-refractivity contribution in [1.82, 2.24) is 20.2 Å². The SMILES string of the molecule is CN1CCCC(NC(=O)c2cnc(C(F)(F)F)nc2C2CC2)(c2ccccc2)C1. The average molecular weight is 404 g/mol. The summed E-state index contributed by atoms with van der Waals surface area (Å²) in [6.45, 7) is 1.56. The Balaban J connectivity index is 1.68. The Morgan fingerprint density at radius 2 is 1.97 bits per heavy atom. The Kier molecular flexibility index (Phi) is 5.06. The van der Waals surface area contributed by atoms with Gasteiger partial charge in [0, 0.05) is 18.7 Å². The van der Waals surface area contributed by atoms with Crippen LogP contribution in [0.25, 0.3) is 0 Å². The summed E-state index contributed by atoms with van der Waals surface area (Å²) in [6, 6.07) is 9.72. The van der Waals surface area contributed by atoms with Gasteiger partial charge in [-0.1, -0.05) is 30.3 Å². The Morgan fingerprint density at radius 1 is 1.24 bits per heavy atom. The number of likely N-dealkylation sites (tertiary alicyclic amines) is 1. The molecule has 1 aromatic heterocycles. The molecule has 0 radical (unpaired) electrons. The van der Waals surface area contributed by atoms with Crippen LogP contribution in [0.15, 0.2) is 36.5 Å². The molecule has 8 heteroatoms. The van der Waals surface area contributed by atoms with Crippen LogP contribution in [0.2, 0.25) is 0 Å². The minimum absolute atomic E-state index is 0.110. The van der Waals surface area contributed by atoms with Crippen LogP contribution in [-0.4, -0.2) is 40.9 Å². The molecule has 2 fully saturated rings. The van der Waals surface area contributed by atoms with Gasteiger partial charge in [0.05, 0.1) is 16.8 Å². The quantitative estimate of drug-likeness (QED) is 0.844. The molecule has 1 saturated heterocycles. The van der Waals surface area contributed by atoms with Crippen molar-refractivity contribution >= 4 is 5.91 Å². The predicted molar refractivity (Wildman–Crippen MR) is 101 cm³/mol. The van der Waals surface area contributed by atoms with E-state index in [1.807, 2.05) is 37.4 Å². The van der Waals surface area contributed by atoms with Crippen LogP contribution in [0.3, 0.4) is 0 Å². The normalized spacial score (nSPS) is 23.0. The molecule has 1 saturated carbocycles. The van der Waals surface area contributed by atoms with Crippen LogP contribution in [0.4, 0.5) is 13.2 Å². The van der Waals surface area contributed by atoms with Gasteiger partial charge in [0.2, 0.25) is 5.82 Å². The molecular weight excluding hydrogens is 381 g/mol. The summed E-state index contributed by atoms with van der Waals surface area (Å²) in [5, 5.41) is 3.13. The molecule has 0 spiro atoms. The monoisotopic (exact) mass is 404 g/mol. The second-order valence-electron chi connectivity index (χ2n) is 8.01. The first-order chi connectivity index (χ1) is 13.8. The highest BCUT2D eigenvalue weighted by atomic mass is 19.4. The van der Waals surface area contributed by atoms with Crippen LogP contribution in [0.5, 0.6) is 0 Å². The second kappa shape index (κ2) is 7.40. The number of piperidine rings is 1. The van der Waals surface area contributed by atoms with E-state index in [1.54, 1.807) is 0 Å². The van der Waals surface area contributed by atoms with Gasteiger partial charge < -0.3 is 10.2 Å². The molecule has 5 nitrogen and oxygen atoms in total. The lowest BCUT2D eigenvalue weighted by molar-refractivity contribution is -0.145. The van der Waals surface area contributed by atoms with E-state index in [2.05, 4.69) is 20.2 Å². The third kappa shape index (κ3) is 4.12. The number of alkyl halides is 3. The van der Waals surface area contributed by atoms with E-state index in [4.69, 9.17) is 0 Å². The van der Waals surface area contributed by atoms with E-state index < -0.39 is 23.4 Å². The zero-order valence-corrected chi connectivity index (χ0v) is 16.2.